The first-order chi connectivity index (χ1) is 8.54. The smallest absolute Gasteiger partial charge is 0.238 e. The SMILES string of the molecule is COc1ccccc1S(=O)(=O)CC(=O)N1CCC1. The maximum Gasteiger partial charge on any atom is 0.238 e. The van der Waals surface area contributed by atoms with E-state index >= 15 is 0 Å². The molecule has 1 saturated heterocycles. The monoisotopic (exact) mass is 269 g/mol. The predicted molar refractivity (Wildman–Crippen MR) is 66.2 cm³/mol. The molecule has 2 rings (SSSR count). The summed E-state index contributed by atoms with van der Waals surface area (Å²) in [7, 11) is -2.23. The van der Waals surface area contributed by atoms with Gasteiger partial charge in [-0.25, -0.2) is 8.42 Å². The molecule has 5 nitrogen and oxygen atoms in total. The third kappa shape index (κ3) is 2.48. The van der Waals surface area contributed by atoms with E-state index in [0.29, 0.717) is 13.1 Å². The Bertz CT molecular complexity index is 549. The number of hydrogen-bond acceptors (Lipinski definition) is 4. The quantitative estimate of drug-likeness (QED) is 0.807. The molecule has 1 aromatic rings. The van der Waals surface area contributed by atoms with E-state index in [0.717, 1.165) is 6.42 Å². The summed E-state index contributed by atoms with van der Waals surface area (Å²) in [4.78, 5) is 13.3. The van der Waals surface area contributed by atoms with Crippen molar-refractivity contribution in [2.24, 2.45) is 0 Å². The van der Waals surface area contributed by atoms with Crippen molar-refractivity contribution in [3.8, 4) is 5.75 Å². The lowest BCUT2D eigenvalue weighted by Crippen LogP contribution is -2.44. The zero-order chi connectivity index (χ0) is 13.2. The summed E-state index contributed by atoms with van der Waals surface area (Å²) in [6, 6.07) is 6.33. The van der Waals surface area contributed by atoms with Crippen LogP contribution in [-0.2, 0) is 14.6 Å². The summed E-state index contributed by atoms with van der Waals surface area (Å²) in [5.74, 6) is -0.561. The van der Waals surface area contributed by atoms with Gasteiger partial charge in [-0.05, 0) is 18.6 Å². The van der Waals surface area contributed by atoms with Crippen molar-refractivity contribution in [2.75, 3.05) is 26.0 Å². The van der Waals surface area contributed by atoms with E-state index in [-0.39, 0.29) is 16.6 Å². The molecule has 1 heterocycles. The largest absolute Gasteiger partial charge is 0.495 e. The number of nitrogens with zero attached hydrogens (tertiary/aromatic N) is 1. The molecule has 18 heavy (non-hydrogen) atoms. The molecule has 1 aromatic carbocycles. The van der Waals surface area contributed by atoms with Crippen LogP contribution in [0.5, 0.6) is 5.75 Å². The minimum atomic E-state index is -3.64. The molecule has 0 saturated carbocycles. The highest BCUT2D eigenvalue weighted by Gasteiger charge is 2.28. The number of likely N-dealkylation sites (tertiary alicyclic amines) is 1. The van der Waals surface area contributed by atoms with Gasteiger partial charge >= 0.3 is 0 Å². The summed E-state index contributed by atoms with van der Waals surface area (Å²) >= 11 is 0. The summed E-state index contributed by atoms with van der Waals surface area (Å²) in [6.07, 6.45) is 0.945. The van der Waals surface area contributed by atoms with Crippen LogP contribution in [0.3, 0.4) is 0 Å². The van der Waals surface area contributed by atoms with Crippen molar-refractivity contribution < 1.29 is 17.9 Å². The van der Waals surface area contributed by atoms with E-state index in [2.05, 4.69) is 0 Å². The Morgan fingerprint density at radius 1 is 1.33 bits per heavy atom. The maximum absolute atomic E-state index is 12.1. The Kier molecular flexibility index (Phi) is 3.56. The number of ether oxygens (including phenoxy) is 1. The van der Waals surface area contributed by atoms with E-state index in [1.807, 2.05) is 0 Å². The van der Waals surface area contributed by atoms with Crippen LogP contribution in [0.25, 0.3) is 0 Å². The van der Waals surface area contributed by atoms with Gasteiger partial charge in [0.05, 0.1) is 7.11 Å². The molecule has 0 aliphatic carbocycles. The molecule has 98 valence electrons. The Morgan fingerprint density at radius 2 is 2.00 bits per heavy atom. The number of hydrogen-bond donors (Lipinski definition) is 0. The fraction of sp³-hybridized carbons (Fsp3) is 0.417. The lowest BCUT2D eigenvalue weighted by Gasteiger charge is -2.30. The van der Waals surface area contributed by atoms with Gasteiger partial charge in [0.1, 0.15) is 16.4 Å². The zero-order valence-corrected chi connectivity index (χ0v) is 10.9. The third-order valence-electron chi connectivity index (χ3n) is 2.93. The molecule has 0 atom stereocenters. The molecule has 1 aliphatic heterocycles. The summed E-state index contributed by atoms with van der Waals surface area (Å²) in [5, 5.41) is 0. The van der Waals surface area contributed by atoms with Gasteiger partial charge in [-0.1, -0.05) is 12.1 Å². The van der Waals surface area contributed by atoms with Crippen molar-refractivity contribution in [3.05, 3.63) is 24.3 Å². The maximum atomic E-state index is 12.1. The molecule has 0 spiro atoms. The Labute approximate surface area is 106 Å². The van der Waals surface area contributed by atoms with Gasteiger partial charge in [0.2, 0.25) is 5.91 Å². The topological polar surface area (TPSA) is 63.7 Å². The zero-order valence-electron chi connectivity index (χ0n) is 10.1. The first kappa shape index (κ1) is 12.9. The van der Waals surface area contributed by atoms with Crippen molar-refractivity contribution >= 4 is 15.7 Å². The van der Waals surface area contributed by atoms with Crippen LogP contribution in [-0.4, -0.2) is 45.2 Å². The molecule has 1 fully saturated rings. The van der Waals surface area contributed by atoms with E-state index < -0.39 is 15.6 Å². The van der Waals surface area contributed by atoms with Crippen LogP contribution in [0.1, 0.15) is 6.42 Å². The molecule has 0 N–H and O–H groups in total. The van der Waals surface area contributed by atoms with Gasteiger partial charge in [0.25, 0.3) is 0 Å². The minimum absolute atomic E-state index is 0.0707. The van der Waals surface area contributed by atoms with Gasteiger partial charge in [-0.2, -0.15) is 0 Å². The second-order valence-corrected chi connectivity index (χ2v) is 6.10. The van der Waals surface area contributed by atoms with Crippen molar-refractivity contribution in [1.82, 2.24) is 4.90 Å². The number of methoxy groups -OCH3 is 1. The molecule has 1 amide bonds. The van der Waals surface area contributed by atoms with Crippen molar-refractivity contribution in [3.63, 3.8) is 0 Å². The highest BCUT2D eigenvalue weighted by Crippen LogP contribution is 2.24. The Morgan fingerprint density at radius 3 is 2.56 bits per heavy atom. The number of benzene rings is 1. The molecule has 0 unspecified atom stereocenters. The normalized spacial score (nSPS) is 15.1. The summed E-state index contributed by atoms with van der Waals surface area (Å²) in [5.41, 5.74) is 0. The highest BCUT2D eigenvalue weighted by atomic mass is 32.2. The average molecular weight is 269 g/mol. The van der Waals surface area contributed by atoms with Gasteiger partial charge in [0.15, 0.2) is 9.84 Å². The van der Waals surface area contributed by atoms with Gasteiger partial charge in [-0.15, -0.1) is 0 Å². The first-order valence-electron chi connectivity index (χ1n) is 5.68. The summed E-state index contributed by atoms with van der Waals surface area (Å²) < 4.78 is 29.3. The minimum Gasteiger partial charge on any atom is -0.495 e. The standard InChI is InChI=1S/C12H15NO4S/c1-17-10-5-2-3-6-11(10)18(15,16)9-12(14)13-7-4-8-13/h2-3,5-6H,4,7-9H2,1H3. The van der Waals surface area contributed by atoms with E-state index in [9.17, 15) is 13.2 Å². The Balaban J connectivity index is 2.22. The second kappa shape index (κ2) is 4.97. The van der Waals surface area contributed by atoms with Crippen molar-refractivity contribution in [2.45, 2.75) is 11.3 Å². The van der Waals surface area contributed by atoms with E-state index in [1.54, 1.807) is 23.1 Å². The highest BCUT2D eigenvalue weighted by molar-refractivity contribution is 7.92. The van der Waals surface area contributed by atoms with Gasteiger partial charge < -0.3 is 9.64 Å². The predicted octanol–water partition coefficient (Wildman–Crippen LogP) is 0.701. The second-order valence-electron chi connectivity index (χ2n) is 4.14. The van der Waals surface area contributed by atoms with Crippen LogP contribution in [0.4, 0.5) is 0 Å². The fourth-order valence-electron chi connectivity index (χ4n) is 1.77. The summed E-state index contributed by atoms with van der Waals surface area (Å²) in [6.45, 7) is 1.31. The number of sulfone groups is 1. The number of rotatable bonds is 4. The molecule has 6 heteroatoms. The third-order valence-corrected chi connectivity index (χ3v) is 4.56. The van der Waals surface area contributed by atoms with Crippen molar-refractivity contribution in [1.29, 1.82) is 0 Å². The molecular formula is C12H15NO4S. The number of para-hydroxylation sites is 1. The Hall–Kier alpha value is -1.56. The van der Waals surface area contributed by atoms with Crippen LogP contribution in [0.2, 0.25) is 0 Å². The first-order valence-corrected chi connectivity index (χ1v) is 7.33. The van der Waals surface area contributed by atoms with E-state index in [1.165, 1.54) is 13.2 Å². The number of amides is 1. The van der Waals surface area contributed by atoms with Crippen LogP contribution >= 0.6 is 0 Å². The molecular weight excluding hydrogens is 254 g/mol. The van der Waals surface area contributed by atoms with E-state index in [4.69, 9.17) is 4.74 Å². The molecule has 0 aromatic heterocycles. The van der Waals surface area contributed by atoms with Crippen LogP contribution < -0.4 is 4.74 Å². The number of carbonyl (C=O) groups is 1. The van der Waals surface area contributed by atoms with Crippen LogP contribution in [0, 0.1) is 0 Å². The van der Waals surface area contributed by atoms with Crippen LogP contribution in [0.15, 0.2) is 29.2 Å². The molecule has 0 bridgehead atoms. The molecule has 1 aliphatic rings. The fourth-order valence-corrected chi connectivity index (χ4v) is 3.18. The lowest BCUT2D eigenvalue weighted by atomic mass is 10.2. The number of carbonyl (C=O) groups excluding carboxylic acids is 1. The molecule has 0 radical (unpaired) electrons. The average Bonchev–Trinajstić information content (AvgIpc) is 2.25. The van der Waals surface area contributed by atoms with Gasteiger partial charge in [-0.3, -0.25) is 4.79 Å². The lowest BCUT2D eigenvalue weighted by molar-refractivity contribution is -0.131. The van der Waals surface area contributed by atoms with Gasteiger partial charge in [0, 0.05) is 13.1 Å².